The predicted molar refractivity (Wildman–Crippen MR) is 88.8 cm³/mol. The summed E-state index contributed by atoms with van der Waals surface area (Å²) in [5, 5.41) is 1.45. The van der Waals surface area contributed by atoms with Crippen molar-refractivity contribution in [2.75, 3.05) is 39.8 Å². The summed E-state index contributed by atoms with van der Waals surface area (Å²) in [4.78, 5) is 6.62. The molecular weight excluding hydrogens is 264 g/mol. The van der Waals surface area contributed by atoms with E-state index in [4.69, 9.17) is 0 Å². The molecule has 20 heavy (non-hydrogen) atoms. The number of piperazine rings is 1. The third-order valence-corrected chi connectivity index (χ3v) is 5.75. The van der Waals surface area contributed by atoms with E-state index in [1.165, 1.54) is 61.2 Å². The van der Waals surface area contributed by atoms with Crippen molar-refractivity contribution in [3.8, 4) is 0 Å². The average Bonchev–Trinajstić information content (AvgIpc) is 2.78. The number of fused-ring (bicyclic) bond motifs is 1. The molecule has 108 valence electrons. The van der Waals surface area contributed by atoms with Crippen molar-refractivity contribution < 1.29 is 0 Å². The molecule has 0 spiro atoms. The quantitative estimate of drug-likeness (QED) is 0.851. The first-order valence-electron chi connectivity index (χ1n) is 7.62. The normalized spacial score (nSPS) is 17.9. The van der Waals surface area contributed by atoms with Crippen LogP contribution < -0.4 is 0 Å². The smallest absolute Gasteiger partial charge is 0.0348 e. The molecule has 0 saturated carbocycles. The summed E-state index contributed by atoms with van der Waals surface area (Å²) in [6.45, 7) is 8.46. The van der Waals surface area contributed by atoms with Gasteiger partial charge >= 0.3 is 0 Å². The Bertz CT molecular complexity index is 567. The number of thiophene rings is 1. The molecule has 0 N–H and O–H groups in total. The number of aryl methyl sites for hydroxylation is 2. The van der Waals surface area contributed by atoms with Gasteiger partial charge in [-0.05, 0) is 50.4 Å². The molecule has 3 heteroatoms. The number of rotatable bonds is 4. The highest BCUT2D eigenvalue weighted by molar-refractivity contribution is 7.19. The largest absolute Gasteiger partial charge is 0.304 e. The fourth-order valence-electron chi connectivity index (χ4n) is 3.00. The molecular formula is C17H24N2S. The minimum atomic E-state index is 1.22. The van der Waals surface area contributed by atoms with E-state index in [2.05, 4.69) is 48.0 Å². The van der Waals surface area contributed by atoms with Crippen molar-refractivity contribution >= 4 is 21.4 Å². The van der Waals surface area contributed by atoms with Crippen LogP contribution in [-0.4, -0.2) is 49.6 Å². The van der Waals surface area contributed by atoms with E-state index in [0.717, 1.165) is 0 Å². The first-order chi connectivity index (χ1) is 9.74. The molecule has 1 fully saturated rings. The Morgan fingerprint density at radius 2 is 1.85 bits per heavy atom. The Hall–Kier alpha value is -0.900. The third-order valence-electron chi connectivity index (χ3n) is 4.42. The molecule has 0 unspecified atom stereocenters. The van der Waals surface area contributed by atoms with E-state index in [1.807, 2.05) is 11.3 Å². The summed E-state index contributed by atoms with van der Waals surface area (Å²) in [5.74, 6) is 0. The second-order valence-electron chi connectivity index (χ2n) is 5.89. The number of nitrogens with zero attached hydrogens (tertiary/aromatic N) is 2. The summed E-state index contributed by atoms with van der Waals surface area (Å²) in [7, 11) is 2.22. The number of likely N-dealkylation sites (N-methyl/N-ethyl adjacent to an activating group) is 1. The van der Waals surface area contributed by atoms with Gasteiger partial charge < -0.3 is 9.80 Å². The van der Waals surface area contributed by atoms with E-state index in [-0.39, 0.29) is 0 Å². The second kappa shape index (κ2) is 6.25. The van der Waals surface area contributed by atoms with Crippen molar-refractivity contribution in [1.82, 2.24) is 9.80 Å². The van der Waals surface area contributed by atoms with Crippen LogP contribution in [0.5, 0.6) is 0 Å². The average molecular weight is 288 g/mol. The number of hydrogen-bond donors (Lipinski definition) is 0. The van der Waals surface area contributed by atoms with E-state index in [0.29, 0.717) is 0 Å². The van der Waals surface area contributed by atoms with Gasteiger partial charge in [0.1, 0.15) is 0 Å². The highest BCUT2D eigenvalue weighted by atomic mass is 32.1. The van der Waals surface area contributed by atoms with Crippen molar-refractivity contribution in [2.45, 2.75) is 19.8 Å². The van der Waals surface area contributed by atoms with Gasteiger partial charge in [-0.2, -0.15) is 0 Å². The van der Waals surface area contributed by atoms with Crippen molar-refractivity contribution in [1.29, 1.82) is 0 Å². The Labute approximate surface area is 126 Å². The minimum absolute atomic E-state index is 1.22. The fraction of sp³-hybridized carbons (Fsp3) is 0.529. The fourth-order valence-corrected chi connectivity index (χ4v) is 4.25. The molecule has 3 rings (SSSR count). The summed E-state index contributed by atoms with van der Waals surface area (Å²) >= 11 is 1.98. The summed E-state index contributed by atoms with van der Waals surface area (Å²) in [6.07, 6.45) is 2.52. The zero-order valence-corrected chi connectivity index (χ0v) is 13.4. The Balaban J connectivity index is 1.56. The molecule has 1 aromatic carbocycles. The van der Waals surface area contributed by atoms with Crippen LogP contribution in [0.15, 0.2) is 24.3 Å². The molecule has 2 heterocycles. The number of hydrogen-bond acceptors (Lipinski definition) is 3. The standard InChI is InChI=1S/C17H24N2S/c1-14-15-6-3-4-7-17(15)20-16(14)8-5-9-19-12-10-18(2)11-13-19/h3-4,6-7H,5,8-13H2,1-2H3. The van der Waals surface area contributed by atoms with Crippen molar-refractivity contribution in [2.24, 2.45) is 0 Å². The molecule has 1 aliphatic rings. The van der Waals surface area contributed by atoms with Crippen LogP contribution in [0.3, 0.4) is 0 Å². The molecule has 0 radical (unpaired) electrons. The van der Waals surface area contributed by atoms with Crippen LogP contribution in [0.1, 0.15) is 16.9 Å². The molecule has 0 amide bonds. The van der Waals surface area contributed by atoms with Crippen molar-refractivity contribution in [3.05, 3.63) is 34.7 Å². The van der Waals surface area contributed by atoms with Gasteiger partial charge in [0, 0.05) is 35.8 Å². The van der Waals surface area contributed by atoms with Crippen molar-refractivity contribution in [3.63, 3.8) is 0 Å². The molecule has 0 bridgehead atoms. The van der Waals surface area contributed by atoms with Gasteiger partial charge in [-0.3, -0.25) is 0 Å². The van der Waals surface area contributed by atoms with Gasteiger partial charge in [0.2, 0.25) is 0 Å². The molecule has 0 atom stereocenters. The van der Waals surface area contributed by atoms with Crippen LogP contribution in [0.2, 0.25) is 0 Å². The van der Waals surface area contributed by atoms with Gasteiger partial charge in [0.25, 0.3) is 0 Å². The molecule has 0 aliphatic carbocycles. The zero-order chi connectivity index (χ0) is 13.9. The third kappa shape index (κ3) is 3.05. The first kappa shape index (κ1) is 14.1. The molecule has 2 aromatic rings. The Morgan fingerprint density at radius 3 is 2.60 bits per heavy atom. The van der Waals surface area contributed by atoms with E-state index in [9.17, 15) is 0 Å². The first-order valence-corrected chi connectivity index (χ1v) is 8.43. The van der Waals surface area contributed by atoms with Gasteiger partial charge in [0.15, 0.2) is 0 Å². The topological polar surface area (TPSA) is 6.48 Å². The molecule has 1 saturated heterocycles. The van der Waals surface area contributed by atoms with E-state index < -0.39 is 0 Å². The molecule has 1 aliphatic heterocycles. The zero-order valence-electron chi connectivity index (χ0n) is 12.6. The van der Waals surface area contributed by atoms with Gasteiger partial charge in [0.05, 0.1) is 0 Å². The molecule has 1 aromatic heterocycles. The van der Waals surface area contributed by atoms with Crippen LogP contribution >= 0.6 is 11.3 Å². The lowest BCUT2D eigenvalue weighted by Gasteiger charge is -2.32. The lowest BCUT2D eigenvalue weighted by Crippen LogP contribution is -2.44. The lowest BCUT2D eigenvalue weighted by atomic mass is 10.1. The van der Waals surface area contributed by atoms with Gasteiger partial charge in [-0.1, -0.05) is 18.2 Å². The van der Waals surface area contributed by atoms with Crippen LogP contribution in [-0.2, 0) is 6.42 Å². The summed E-state index contributed by atoms with van der Waals surface area (Å²) < 4.78 is 1.44. The Kier molecular flexibility index (Phi) is 4.39. The van der Waals surface area contributed by atoms with Crippen LogP contribution in [0.25, 0.3) is 10.1 Å². The highest BCUT2D eigenvalue weighted by Crippen LogP contribution is 2.31. The Morgan fingerprint density at radius 1 is 1.10 bits per heavy atom. The lowest BCUT2D eigenvalue weighted by molar-refractivity contribution is 0.153. The maximum atomic E-state index is 2.61. The summed E-state index contributed by atoms with van der Waals surface area (Å²) in [5.41, 5.74) is 1.50. The monoisotopic (exact) mass is 288 g/mol. The number of benzene rings is 1. The van der Waals surface area contributed by atoms with E-state index in [1.54, 1.807) is 4.88 Å². The molecule has 2 nitrogen and oxygen atoms in total. The SMILES string of the molecule is Cc1c(CCCN2CCN(C)CC2)sc2ccccc12. The van der Waals surface area contributed by atoms with Gasteiger partial charge in [-0.25, -0.2) is 0 Å². The van der Waals surface area contributed by atoms with Crippen LogP contribution in [0, 0.1) is 6.92 Å². The van der Waals surface area contributed by atoms with E-state index >= 15 is 0 Å². The van der Waals surface area contributed by atoms with Gasteiger partial charge in [-0.15, -0.1) is 11.3 Å². The minimum Gasteiger partial charge on any atom is -0.304 e. The maximum absolute atomic E-state index is 2.61. The maximum Gasteiger partial charge on any atom is 0.0348 e. The predicted octanol–water partition coefficient (Wildman–Crippen LogP) is 3.39. The van der Waals surface area contributed by atoms with Crippen LogP contribution in [0.4, 0.5) is 0 Å². The summed E-state index contributed by atoms with van der Waals surface area (Å²) in [6, 6.07) is 8.80. The second-order valence-corrected chi connectivity index (χ2v) is 7.03. The highest BCUT2D eigenvalue weighted by Gasteiger charge is 2.13.